The molecule has 1 fully saturated rings. The lowest BCUT2D eigenvalue weighted by Gasteiger charge is -2.38. The van der Waals surface area contributed by atoms with Crippen molar-refractivity contribution < 1.29 is 31.1 Å². The van der Waals surface area contributed by atoms with E-state index in [0.717, 1.165) is 42.9 Å². The molecule has 0 radical (unpaired) electrons. The molecule has 2 aromatic carbocycles. The number of hydrogen-bond donors (Lipinski definition) is 1. The van der Waals surface area contributed by atoms with Gasteiger partial charge in [-0.05, 0) is 67.9 Å². The number of piperidine rings is 1. The van der Waals surface area contributed by atoms with Crippen LogP contribution in [0.2, 0.25) is 0 Å². The number of aromatic nitrogens is 1. The largest absolute Gasteiger partial charge is 0.416 e. The molecule has 1 aliphatic rings. The van der Waals surface area contributed by atoms with Crippen molar-refractivity contribution in [1.82, 2.24) is 10.3 Å². The summed E-state index contributed by atoms with van der Waals surface area (Å²) in [6.07, 6.45) is -3.27. The molecule has 34 heavy (non-hydrogen) atoms. The number of nitrogens with zero attached hydrogens (tertiary/aromatic N) is 1. The first-order valence-corrected chi connectivity index (χ1v) is 10.7. The monoisotopic (exact) mass is 480 g/mol. The van der Waals surface area contributed by atoms with Crippen molar-refractivity contribution in [2.24, 2.45) is 0 Å². The molecule has 1 aromatic heterocycles. The molecular formula is C25H22F6N2O. The third-order valence-corrected chi connectivity index (χ3v) is 6.06. The summed E-state index contributed by atoms with van der Waals surface area (Å²) >= 11 is 0. The average Bonchev–Trinajstić information content (AvgIpc) is 2.79. The van der Waals surface area contributed by atoms with Crippen molar-refractivity contribution in [3.8, 4) is 11.3 Å². The van der Waals surface area contributed by atoms with Gasteiger partial charge in [-0.1, -0.05) is 12.1 Å². The first-order chi connectivity index (χ1) is 16.2. The van der Waals surface area contributed by atoms with Crippen molar-refractivity contribution in [3.63, 3.8) is 0 Å². The van der Waals surface area contributed by atoms with Crippen LogP contribution >= 0.6 is 0 Å². The predicted octanol–water partition coefficient (Wildman–Crippen LogP) is 6.02. The molecule has 0 atom stereocenters. The van der Waals surface area contributed by atoms with E-state index in [1.807, 2.05) is 0 Å². The van der Waals surface area contributed by atoms with Gasteiger partial charge in [0.1, 0.15) is 17.5 Å². The summed E-state index contributed by atoms with van der Waals surface area (Å²) in [7, 11) is 0. The molecule has 9 heteroatoms. The molecule has 1 N–H and O–H groups in total. The lowest BCUT2D eigenvalue weighted by molar-refractivity contribution is -0.137. The lowest BCUT2D eigenvalue weighted by atomic mass is 9.74. The van der Waals surface area contributed by atoms with Crippen LogP contribution in [0.4, 0.5) is 26.3 Å². The molecule has 1 aliphatic heterocycles. The molecule has 0 aliphatic carbocycles. The minimum atomic E-state index is -4.69. The Morgan fingerprint density at radius 1 is 0.882 bits per heavy atom. The number of nitrogens with one attached hydrogen (secondary N) is 1. The van der Waals surface area contributed by atoms with Gasteiger partial charge in [0.15, 0.2) is 0 Å². The summed E-state index contributed by atoms with van der Waals surface area (Å²) in [6, 6.07) is 10.3. The predicted molar refractivity (Wildman–Crippen MR) is 114 cm³/mol. The van der Waals surface area contributed by atoms with Crippen molar-refractivity contribution in [2.75, 3.05) is 19.7 Å². The van der Waals surface area contributed by atoms with E-state index in [1.165, 1.54) is 12.1 Å². The highest BCUT2D eigenvalue weighted by Crippen LogP contribution is 2.36. The number of benzene rings is 2. The molecule has 3 nitrogen and oxygen atoms in total. The maximum Gasteiger partial charge on any atom is 0.416 e. The van der Waals surface area contributed by atoms with Crippen molar-refractivity contribution in [1.29, 1.82) is 0 Å². The molecule has 0 amide bonds. The molecule has 1 saturated heterocycles. The van der Waals surface area contributed by atoms with Crippen LogP contribution in [0, 0.1) is 17.5 Å². The molecule has 0 bridgehead atoms. The number of pyridine rings is 1. The van der Waals surface area contributed by atoms with Gasteiger partial charge in [0.25, 0.3) is 0 Å². The van der Waals surface area contributed by atoms with Gasteiger partial charge in [-0.15, -0.1) is 0 Å². The van der Waals surface area contributed by atoms with Gasteiger partial charge in [0, 0.05) is 17.0 Å². The van der Waals surface area contributed by atoms with Crippen LogP contribution < -0.4 is 5.32 Å². The normalized spacial score (nSPS) is 15.9. The topological polar surface area (TPSA) is 34.1 Å². The van der Waals surface area contributed by atoms with E-state index in [0.29, 0.717) is 18.9 Å². The molecule has 0 saturated carbocycles. The fourth-order valence-electron chi connectivity index (χ4n) is 4.24. The van der Waals surface area contributed by atoms with Gasteiger partial charge >= 0.3 is 6.18 Å². The molecule has 4 rings (SSSR count). The molecule has 180 valence electrons. The minimum Gasteiger partial charge on any atom is -0.374 e. The fourth-order valence-corrected chi connectivity index (χ4v) is 4.24. The fraction of sp³-hybridized carbons (Fsp3) is 0.320. The number of rotatable bonds is 6. The zero-order valence-electron chi connectivity index (χ0n) is 18.1. The Balaban J connectivity index is 1.59. The van der Waals surface area contributed by atoms with Gasteiger partial charge < -0.3 is 10.1 Å². The lowest BCUT2D eigenvalue weighted by Crippen LogP contribution is -2.43. The SMILES string of the molecule is Fc1ccc(C2(COCc3cc(C(F)(F)F)cc(-c4ccc(F)cc4F)n3)CCNCC2)cc1. The Morgan fingerprint density at radius 2 is 1.56 bits per heavy atom. The Hall–Kier alpha value is -2.91. The highest BCUT2D eigenvalue weighted by atomic mass is 19.4. The Labute approximate surface area is 192 Å². The Morgan fingerprint density at radius 3 is 2.21 bits per heavy atom. The first kappa shape index (κ1) is 24.2. The van der Waals surface area contributed by atoms with Crippen LogP contribution in [0.3, 0.4) is 0 Å². The van der Waals surface area contributed by atoms with Crippen molar-refractivity contribution in [2.45, 2.75) is 31.0 Å². The second-order valence-electron chi connectivity index (χ2n) is 8.38. The summed E-state index contributed by atoms with van der Waals surface area (Å²) in [5.41, 5.74) is -1.07. The van der Waals surface area contributed by atoms with Crippen molar-refractivity contribution in [3.05, 3.63) is 88.9 Å². The van der Waals surface area contributed by atoms with E-state index in [4.69, 9.17) is 4.74 Å². The quantitative estimate of drug-likeness (QED) is 0.438. The van der Waals surface area contributed by atoms with Crippen LogP contribution in [-0.2, 0) is 22.9 Å². The summed E-state index contributed by atoms with van der Waals surface area (Å²) in [6.45, 7) is 1.39. The molecular weight excluding hydrogens is 458 g/mol. The standard InChI is InChI=1S/C25H22F6N2O/c26-18-3-1-16(2-4-18)24(7-9-32-10-8-24)15-34-14-20-11-17(25(29,30)31)12-23(33-20)21-6-5-19(27)13-22(21)28/h1-6,11-13,32H,7-10,14-15H2. The molecule has 0 spiro atoms. The van der Waals surface area contributed by atoms with E-state index < -0.39 is 28.8 Å². The summed E-state index contributed by atoms with van der Waals surface area (Å²) in [4.78, 5) is 4.15. The third kappa shape index (κ3) is 5.42. The van der Waals surface area contributed by atoms with Gasteiger partial charge in [-0.2, -0.15) is 13.2 Å². The highest BCUT2D eigenvalue weighted by Gasteiger charge is 2.35. The second-order valence-corrected chi connectivity index (χ2v) is 8.38. The van der Waals surface area contributed by atoms with Crippen LogP contribution in [0.25, 0.3) is 11.3 Å². The van der Waals surface area contributed by atoms with Crippen LogP contribution in [-0.4, -0.2) is 24.7 Å². The smallest absolute Gasteiger partial charge is 0.374 e. The first-order valence-electron chi connectivity index (χ1n) is 10.7. The minimum absolute atomic E-state index is 0.0308. The summed E-state index contributed by atoms with van der Waals surface area (Å²) < 4.78 is 87.3. The molecule has 0 unspecified atom stereocenters. The zero-order chi connectivity index (χ0) is 24.3. The van der Waals surface area contributed by atoms with Crippen LogP contribution in [0.15, 0.2) is 54.6 Å². The third-order valence-electron chi connectivity index (χ3n) is 6.06. The number of alkyl halides is 3. The van der Waals surface area contributed by atoms with Gasteiger partial charge in [-0.25, -0.2) is 13.2 Å². The van der Waals surface area contributed by atoms with E-state index in [2.05, 4.69) is 10.3 Å². The maximum atomic E-state index is 14.2. The number of hydrogen-bond acceptors (Lipinski definition) is 3. The second kappa shape index (κ2) is 9.76. The van der Waals surface area contributed by atoms with E-state index in [9.17, 15) is 26.3 Å². The van der Waals surface area contributed by atoms with Gasteiger partial charge in [-0.3, -0.25) is 4.98 Å². The molecule has 2 heterocycles. The Kier molecular flexibility index (Phi) is 6.95. The molecule has 3 aromatic rings. The maximum absolute atomic E-state index is 14.2. The average molecular weight is 480 g/mol. The van der Waals surface area contributed by atoms with E-state index in [1.54, 1.807) is 12.1 Å². The number of ether oxygens (including phenoxy) is 1. The number of halogens is 6. The summed E-state index contributed by atoms with van der Waals surface area (Å²) in [5, 5.41) is 3.26. The highest BCUT2D eigenvalue weighted by molar-refractivity contribution is 5.61. The van der Waals surface area contributed by atoms with Gasteiger partial charge in [0.2, 0.25) is 0 Å². The summed E-state index contributed by atoms with van der Waals surface area (Å²) in [5.74, 6) is -2.21. The Bertz CT molecular complexity index is 1140. The van der Waals surface area contributed by atoms with Crippen molar-refractivity contribution >= 4 is 0 Å². The zero-order valence-corrected chi connectivity index (χ0v) is 18.1. The van der Waals surface area contributed by atoms with Gasteiger partial charge in [0.05, 0.1) is 30.2 Å². The van der Waals surface area contributed by atoms with Crippen LogP contribution in [0.1, 0.15) is 29.7 Å². The van der Waals surface area contributed by atoms with E-state index >= 15 is 0 Å². The van der Waals surface area contributed by atoms with Crippen LogP contribution in [0.5, 0.6) is 0 Å². The van der Waals surface area contributed by atoms with E-state index in [-0.39, 0.29) is 36.0 Å².